The molecule has 4 aromatic rings. The van der Waals surface area contributed by atoms with Crippen molar-refractivity contribution in [2.75, 3.05) is 26.4 Å². The van der Waals surface area contributed by atoms with Crippen LogP contribution in [0.1, 0.15) is 136 Å². The van der Waals surface area contributed by atoms with E-state index in [1.807, 2.05) is 48.5 Å². The lowest BCUT2D eigenvalue weighted by molar-refractivity contribution is -0.129. The van der Waals surface area contributed by atoms with Crippen LogP contribution in [0, 0.1) is 0 Å². The summed E-state index contributed by atoms with van der Waals surface area (Å²) in [4.78, 5) is 49.8. The largest absolute Gasteiger partial charge is 0.494 e. The molecule has 0 saturated carbocycles. The van der Waals surface area contributed by atoms with Crippen LogP contribution < -0.4 is 18.9 Å². The van der Waals surface area contributed by atoms with E-state index in [-0.39, 0.29) is 13.2 Å². The fourth-order valence-corrected chi connectivity index (χ4v) is 6.14. The molecule has 0 fully saturated rings. The molecule has 62 heavy (non-hydrogen) atoms. The van der Waals surface area contributed by atoms with Gasteiger partial charge in [-0.3, -0.25) is 0 Å². The second-order valence-corrected chi connectivity index (χ2v) is 14.9. The highest BCUT2D eigenvalue weighted by Crippen LogP contribution is 2.19. The number of benzene rings is 4. The lowest BCUT2D eigenvalue weighted by atomic mass is 10.1. The molecule has 0 radical (unpaired) electrons. The van der Waals surface area contributed by atoms with Gasteiger partial charge in [0.1, 0.15) is 23.0 Å². The van der Waals surface area contributed by atoms with Crippen molar-refractivity contribution in [2.24, 2.45) is 0 Å². The third-order valence-corrected chi connectivity index (χ3v) is 9.74. The Kier molecular flexibility index (Phi) is 22.8. The second-order valence-electron chi connectivity index (χ2n) is 14.9. The average molecular weight is 847 g/mol. The molecule has 330 valence electrons. The van der Waals surface area contributed by atoms with Gasteiger partial charge in [0.2, 0.25) is 0 Å². The number of unbranched alkanes of at least 4 members (excludes halogenated alkanes) is 11. The van der Waals surface area contributed by atoms with Crippen molar-refractivity contribution >= 4 is 36.0 Å². The van der Waals surface area contributed by atoms with E-state index in [0.29, 0.717) is 48.7 Å². The molecular formula is C52H62O10. The third-order valence-electron chi connectivity index (χ3n) is 9.74. The maximum absolute atomic E-state index is 12.5. The van der Waals surface area contributed by atoms with Crippen LogP contribution in [0.4, 0.5) is 0 Å². The van der Waals surface area contributed by atoms with Gasteiger partial charge in [-0.15, -0.1) is 0 Å². The van der Waals surface area contributed by atoms with Gasteiger partial charge in [0, 0.05) is 12.2 Å². The number of ether oxygens (including phenoxy) is 6. The zero-order valence-corrected chi connectivity index (χ0v) is 36.4. The highest BCUT2D eigenvalue weighted by molar-refractivity contribution is 5.91. The lowest BCUT2D eigenvalue weighted by Crippen LogP contribution is -2.10. The Hall–Kier alpha value is -6.16. The van der Waals surface area contributed by atoms with Gasteiger partial charge in [0.05, 0.1) is 37.6 Å². The number of carbonyl (C=O) groups is 4. The van der Waals surface area contributed by atoms with Crippen LogP contribution in [-0.4, -0.2) is 50.3 Å². The van der Waals surface area contributed by atoms with Crippen molar-refractivity contribution in [2.45, 2.75) is 104 Å². The summed E-state index contributed by atoms with van der Waals surface area (Å²) >= 11 is 0. The molecule has 0 heterocycles. The van der Waals surface area contributed by atoms with E-state index in [0.717, 1.165) is 35.5 Å². The molecule has 10 heteroatoms. The quantitative estimate of drug-likeness (QED) is 0.0226. The summed E-state index contributed by atoms with van der Waals surface area (Å²) in [5.74, 6) is 0.0483. The standard InChI is InChI=1S/C52H62O10/c1-3-5-7-9-11-13-37-57-45-27-17-41(18-28-45)21-35-49(53)61-47-31-23-43(24-32-47)51(55)59-39-15-16-40-60-52(56)44-25-33-48(34-26-44)62-50(54)36-22-42-19-29-46(30-20-42)58-38-14-12-10-8-6-4-2/h17-36H,3-16,37-40H2,1-2H3/b35-21+,36-22+. The van der Waals surface area contributed by atoms with Crippen molar-refractivity contribution in [1.82, 2.24) is 0 Å². The monoisotopic (exact) mass is 846 g/mol. The average Bonchev–Trinajstić information content (AvgIpc) is 3.29. The third kappa shape index (κ3) is 19.9. The zero-order chi connectivity index (χ0) is 44.0. The molecule has 10 nitrogen and oxygen atoms in total. The van der Waals surface area contributed by atoms with E-state index in [2.05, 4.69) is 13.8 Å². The van der Waals surface area contributed by atoms with E-state index in [4.69, 9.17) is 28.4 Å². The van der Waals surface area contributed by atoms with Crippen LogP contribution in [0.3, 0.4) is 0 Å². The number of rotatable bonds is 29. The lowest BCUT2D eigenvalue weighted by Gasteiger charge is -2.08. The Labute approximate surface area is 367 Å². The summed E-state index contributed by atoms with van der Waals surface area (Å²) in [6, 6.07) is 27.3. The highest BCUT2D eigenvalue weighted by Gasteiger charge is 2.11. The predicted octanol–water partition coefficient (Wildman–Crippen LogP) is 12.2. The first-order chi connectivity index (χ1) is 30.3. The van der Waals surface area contributed by atoms with Gasteiger partial charge in [0.15, 0.2) is 0 Å². The Bertz CT molecular complexity index is 1820. The number of hydrogen-bond donors (Lipinski definition) is 0. The van der Waals surface area contributed by atoms with Crippen LogP contribution in [-0.2, 0) is 19.1 Å². The van der Waals surface area contributed by atoms with Crippen molar-refractivity contribution in [3.63, 3.8) is 0 Å². The molecule has 0 atom stereocenters. The van der Waals surface area contributed by atoms with E-state index in [9.17, 15) is 19.2 Å². The van der Waals surface area contributed by atoms with Gasteiger partial charge in [-0.2, -0.15) is 0 Å². The minimum absolute atomic E-state index is 0.137. The minimum atomic E-state index is -0.548. The van der Waals surface area contributed by atoms with Crippen LogP contribution in [0.2, 0.25) is 0 Å². The van der Waals surface area contributed by atoms with E-state index >= 15 is 0 Å². The Morgan fingerprint density at radius 3 is 1.08 bits per heavy atom. The van der Waals surface area contributed by atoms with Gasteiger partial charge >= 0.3 is 23.9 Å². The number of carbonyl (C=O) groups excluding carboxylic acids is 4. The van der Waals surface area contributed by atoms with Gasteiger partial charge in [-0.25, -0.2) is 19.2 Å². The van der Waals surface area contributed by atoms with Crippen LogP contribution in [0.15, 0.2) is 109 Å². The fourth-order valence-electron chi connectivity index (χ4n) is 6.14. The van der Waals surface area contributed by atoms with E-state index < -0.39 is 23.9 Å². The second kappa shape index (κ2) is 29.2. The summed E-state index contributed by atoms with van der Waals surface area (Å²) in [7, 11) is 0. The van der Waals surface area contributed by atoms with Gasteiger partial charge in [-0.1, -0.05) is 102 Å². The molecule has 0 aliphatic heterocycles. The molecule has 0 amide bonds. The molecule has 0 aromatic heterocycles. The molecule has 4 aromatic carbocycles. The SMILES string of the molecule is CCCCCCCCOc1ccc(/C=C/C(=O)Oc2ccc(C(=O)OCCCCOC(=O)c3ccc(OC(=O)/C=C/c4ccc(OCCCCCCCC)cc4)cc3)cc2)cc1. The van der Waals surface area contributed by atoms with Crippen LogP contribution in [0.25, 0.3) is 12.2 Å². The summed E-state index contributed by atoms with van der Waals surface area (Å²) in [6.45, 7) is 6.08. The summed E-state index contributed by atoms with van der Waals surface area (Å²) < 4.78 is 33.1. The van der Waals surface area contributed by atoms with Crippen molar-refractivity contribution in [3.05, 3.63) is 131 Å². The number of hydrogen-bond acceptors (Lipinski definition) is 10. The first-order valence-corrected chi connectivity index (χ1v) is 22.1. The highest BCUT2D eigenvalue weighted by atomic mass is 16.5. The molecule has 4 rings (SSSR count). The molecule has 0 spiro atoms. The predicted molar refractivity (Wildman–Crippen MR) is 243 cm³/mol. The van der Waals surface area contributed by atoms with Crippen molar-refractivity contribution in [3.8, 4) is 23.0 Å². The molecule has 0 aliphatic carbocycles. The van der Waals surface area contributed by atoms with Gasteiger partial charge in [0.25, 0.3) is 0 Å². The molecule has 0 N–H and O–H groups in total. The minimum Gasteiger partial charge on any atom is -0.494 e. The first kappa shape index (κ1) is 48.5. The van der Waals surface area contributed by atoms with Crippen LogP contribution >= 0.6 is 0 Å². The molecular weight excluding hydrogens is 785 g/mol. The first-order valence-electron chi connectivity index (χ1n) is 22.1. The molecule has 0 aliphatic rings. The van der Waals surface area contributed by atoms with E-state index in [1.54, 1.807) is 12.2 Å². The number of esters is 4. The maximum Gasteiger partial charge on any atom is 0.338 e. The summed E-state index contributed by atoms with van der Waals surface area (Å²) in [5, 5.41) is 0. The van der Waals surface area contributed by atoms with Crippen LogP contribution in [0.5, 0.6) is 23.0 Å². The van der Waals surface area contributed by atoms with Gasteiger partial charge < -0.3 is 28.4 Å². The fraction of sp³-hybridized carbons (Fsp3) is 0.385. The van der Waals surface area contributed by atoms with E-state index in [1.165, 1.54) is 125 Å². The van der Waals surface area contributed by atoms with Crippen molar-refractivity contribution < 1.29 is 47.6 Å². The summed E-state index contributed by atoms with van der Waals surface area (Å²) in [6.07, 6.45) is 21.5. The van der Waals surface area contributed by atoms with Crippen molar-refractivity contribution in [1.29, 1.82) is 0 Å². The Morgan fingerprint density at radius 2 is 0.710 bits per heavy atom. The Morgan fingerprint density at radius 1 is 0.387 bits per heavy atom. The Balaban J connectivity index is 1.04. The normalized spacial score (nSPS) is 11.1. The summed E-state index contributed by atoms with van der Waals surface area (Å²) in [5.41, 5.74) is 2.29. The smallest absolute Gasteiger partial charge is 0.338 e. The topological polar surface area (TPSA) is 124 Å². The molecule has 0 bridgehead atoms. The maximum atomic E-state index is 12.5. The van der Waals surface area contributed by atoms with Gasteiger partial charge in [-0.05, 0) is 122 Å². The zero-order valence-electron chi connectivity index (χ0n) is 36.4. The molecule has 0 unspecified atom stereocenters. The molecule has 0 saturated heterocycles.